The molecular weight excluding hydrogens is 224 g/mol. The van der Waals surface area contributed by atoms with Gasteiger partial charge in [0.05, 0.1) is 11.6 Å². The van der Waals surface area contributed by atoms with E-state index in [1.807, 2.05) is 6.92 Å². The first kappa shape index (κ1) is 13.2. The van der Waals surface area contributed by atoms with Crippen molar-refractivity contribution in [3.05, 3.63) is 35.4 Å². The number of benzene rings is 1. The molecule has 4 heteroatoms. The first-order valence-corrected chi connectivity index (χ1v) is 5.30. The van der Waals surface area contributed by atoms with E-state index < -0.39 is 23.6 Å². The third-order valence-corrected chi connectivity index (χ3v) is 2.26. The van der Waals surface area contributed by atoms with Gasteiger partial charge in [-0.3, -0.25) is 4.79 Å². The van der Waals surface area contributed by atoms with Gasteiger partial charge in [-0.25, -0.2) is 8.78 Å². The molecule has 1 unspecified atom stereocenters. The van der Waals surface area contributed by atoms with Crippen LogP contribution in [-0.2, 0) is 0 Å². The van der Waals surface area contributed by atoms with Crippen LogP contribution in [0.2, 0.25) is 0 Å². The summed E-state index contributed by atoms with van der Waals surface area (Å²) in [5, 5.41) is 2.47. The zero-order valence-electron chi connectivity index (χ0n) is 9.47. The second kappa shape index (κ2) is 6.00. The van der Waals surface area contributed by atoms with Crippen LogP contribution < -0.4 is 5.32 Å². The highest BCUT2D eigenvalue weighted by Gasteiger charge is 2.15. The first-order valence-electron chi connectivity index (χ1n) is 5.30. The number of carbonyl (C=O) groups is 1. The van der Waals surface area contributed by atoms with Crippen LogP contribution in [0.5, 0.6) is 0 Å². The summed E-state index contributed by atoms with van der Waals surface area (Å²) in [4.78, 5) is 11.6. The van der Waals surface area contributed by atoms with Crippen molar-refractivity contribution < 1.29 is 13.6 Å². The Kier molecular flexibility index (Phi) is 4.65. The van der Waals surface area contributed by atoms with Gasteiger partial charge in [-0.15, -0.1) is 6.42 Å². The van der Waals surface area contributed by atoms with Crippen LogP contribution in [-0.4, -0.2) is 11.9 Å². The second-order valence-electron chi connectivity index (χ2n) is 3.61. The monoisotopic (exact) mass is 237 g/mol. The molecule has 0 radical (unpaired) electrons. The van der Waals surface area contributed by atoms with E-state index in [2.05, 4.69) is 11.2 Å². The molecule has 0 heterocycles. The van der Waals surface area contributed by atoms with Crippen molar-refractivity contribution in [2.24, 2.45) is 0 Å². The van der Waals surface area contributed by atoms with Crippen LogP contribution >= 0.6 is 0 Å². The molecule has 0 aliphatic heterocycles. The van der Waals surface area contributed by atoms with Gasteiger partial charge in [-0.1, -0.05) is 19.3 Å². The number of terminal acetylenes is 1. The van der Waals surface area contributed by atoms with E-state index in [-0.39, 0.29) is 5.56 Å². The van der Waals surface area contributed by atoms with E-state index >= 15 is 0 Å². The summed E-state index contributed by atoms with van der Waals surface area (Å²) < 4.78 is 26.2. The summed E-state index contributed by atoms with van der Waals surface area (Å²) in [6, 6.07) is 2.26. The van der Waals surface area contributed by atoms with E-state index in [1.54, 1.807) is 0 Å². The second-order valence-corrected chi connectivity index (χ2v) is 3.61. The van der Waals surface area contributed by atoms with E-state index in [9.17, 15) is 13.6 Å². The average Bonchev–Trinajstić information content (AvgIpc) is 2.31. The quantitative estimate of drug-likeness (QED) is 0.801. The van der Waals surface area contributed by atoms with Crippen LogP contribution in [0.1, 0.15) is 30.1 Å². The molecule has 1 rings (SSSR count). The van der Waals surface area contributed by atoms with Crippen molar-refractivity contribution in [3.63, 3.8) is 0 Å². The van der Waals surface area contributed by atoms with Gasteiger partial charge in [0.25, 0.3) is 5.91 Å². The molecular formula is C13H13F2NO. The van der Waals surface area contributed by atoms with Gasteiger partial charge in [-0.2, -0.15) is 0 Å². The molecule has 0 aliphatic rings. The predicted octanol–water partition coefficient (Wildman–Crippen LogP) is 2.50. The maximum Gasteiger partial charge on any atom is 0.255 e. The molecule has 1 amide bonds. The van der Waals surface area contributed by atoms with Gasteiger partial charge in [0.1, 0.15) is 11.6 Å². The van der Waals surface area contributed by atoms with Crippen molar-refractivity contribution >= 4 is 5.91 Å². The standard InChI is InChI=1S/C13H13F2NO/c1-3-5-10(4-2)16-13(17)11-8-9(14)6-7-12(11)15/h2,6-8,10H,3,5H2,1H3,(H,16,17). The van der Waals surface area contributed by atoms with Gasteiger partial charge < -0.3 is 5.32 Å². The summed E-state index contributed by atoms with van der Waals surface area (Å²) in [6.07, 6.45) is 6.61. The Morgan fingerprint density at radius 3 is 2.82 bits per heavy atom. The lowest BCUT2D eigenvalue weighted by molar-refractivity contribution is 0.0939. The molecule has 1 aromatic carbocycles. The molecule has 1 aromatic rings. The Balaban J connectivity index is 2.83. The third-order valence-electron chi connectivity index (χ3n) is 2.26. The minimum absolute atomic E-state index is 0.332. The Morgan fingerprint density at radius 1 is 1.53 bits per heavy atom. The van der Waals surface area contributed by atoms with Crippen LogP contribution in [0.4, 0.5) is 8.78 Å². The molecule has 0 bridgehead atoms. The van der Waals surface area contributed by atoms with Gasteiger partial charge in [0.15, 0.2) is 0 Å². The molecule has 0 spiro atoms. The highest BCUT2D eigenvalue weighted by molar-refractivity contribution is 5.94. The van der Waals surface area contributed by atoms with Gasteiger partial charge in [0, 0.05) is 0 Å². The fourth-order valence-electron chi connectivity index (χ4n) is 1.39. The number of nitrogens with one attached hydrogen (secondary N) is 1. The highest BCUT2D eigenvalue weighted by atomic mass is 19.1. The molecule has 17 heavy (non-hydrogen) atoms. The summed E-state index contributed by atoms with van der Waals surface area (Å²) in [5.41, 5.74) is -0.332. The van der Waals surface area contributed by atoms with E-state index in [1.165, 1.54) is 0 Å². The summed E-state index contributed by atoms with van der Waals surface area (Å²) in [5.74, 6) is 0.264. The lowest BCUT2D eigenvalue weighted by atomic mass is 10.1. The van der Waals surface area contributed by atoms with Crippen molar-refractivity contribution in [2.75, 3.05) is 0 Å². The van der Waals surface area contributed by atoms with Crippen molar-refractivity contribution in [3.8, 4) is 12.3 Å². The molecule has 1 N–H and O–H groups in total. The number of rotatable bonds is 4. The van der Waals surface area contributed by atoms with Crippen molar-refractivity contribution in [1.29, 1.82) is 0 Å². The maximum atomic E-state index is 13.3. The lowest BCUT2D eigenvalue weighted by Gasteiger charge is -2.12. The highest BCUT2D eigenvalue weighted by Crippen LogP contribution is 2.10. The minimum Gasteiger partial charge on any atom is -0.338 e. The fourth-order valence-corrected chi connectivity index (χ4v) is 1.39. The molecule has 90 valence electrons. The Bertz CT molecular complexity index is 451. The number of halogens is 2. The topological polar surface area (TPSA) is 29.1 Å². The number of carbonyl (C=O) groups excluding carboxylic acids is 1. The largest absolute Gasteiger partial charge is 0.338 e. The van der Waals surface area contributed by atoms with Gasteiger partial charge >= 0.3 is 0 Å². The van der Waals surface area contributed by atoms with E-state index in [0.717, 1.165) is 24.6 Å². The van der Waals surface area contributed by atoms with Crippen molar-refractivity contribution in [2.45, 2.75) is 25.8 Å². The maximum absolute atomic E-state index is 13.3. The fraction of sp³-hybridized carbons (Fsp3) is 0.308. The molecule has 0 saturated carbocycles. The van der Waals surface area contributed by atoms with Crippen LogP contribution in [0.3, 0.4) is 0 Å². The molecule has 1 atom stereocenters. The average molecular weight is 237 g/mol. The number of amides is 1. The zero-order valence-corrected chi connectivity index (χ0v) is 9.47. The molecule has 2 nitrogen and oxygen atoms in total. The van der Waals surface area contributed by atoms with Crippen LogP contribution in [0, 0.1) is 24.0 Å². The van der Waals surface area contributed by atoms with Gasteiger partial charge in [0.2, 0.25) is 0 Å². The zero-order chi connectivity index (χ0) is 12.8. The Labute approximate surface area is 99.0 Å². The molecule has 0 saturated heterocycles. The van der Waals surface area contributed by atoms with Crippen LogP contribution in [0.15, 0.2) is 18.2 Å². The Hall–Kier alpha value is -1.89. The summed E-state index contributed by atoms with van der Waals surface area (Å²) in [6.45, 7) is 1.92. The Morgan fingerprint density at radius 2 is 2.24 bits per heavy atom. The normalized spacial score (nSPS) is 11.6. The van der Waals surface area contributed by atoms with E-state index in [4.69, 9.17) is 6.42 Å². The first-order chi connectivity index (χ1) is 8.08. The third kappa shape index (κ3) is 3.56. The smallest absolute Gasteiger partial charge is 0.255 e. The number of hydrogen-bond acceptors (Lipinski definition) is 1. The van der Waals surface area contributed by atoms with Gasteiger partial charge in [-0.05, 0) is 24.6 Å². The van der Waals surface area contributed by atoms with E-state index in [0.29, 0.717) is 6.42 Å². The lowest BCUT2D eigenvalue weighted by Crippen LogP contribution is -2.34. The van der Waals surface area contributed by atoms with Crippen molar-refractivity contribution in [1.82, 2.24) is 5.32 Å². The number of hydrogen-bond donors (Lipinski definition) is 1. The molecule has 0 aliphatic carbocycles. The minimum atomic E-state index is -0.767. The molecule has 0 fully saturated rings. The summed E-state index contributed by atoms with van der Waals surface area (Å²) >= 11 is 0. The molecule has 0 aromatic heterocycles. The SMILES string of the molecule is C#CC(CCC)NC(=O)c1cc(F)ccc1F. The predicted molar refractivity (Wildman–Crippen MR) is 61.4 cm³/mol. The summed E-state index contributed by atoms with van der Waals surface area (Å²) in [7, 11) is 0. The van der Waals surface area contributed by atoms with Crippen LogP contribution in [0.25, 0.3) is 0 Å².